The zero-order valence-corrected chi connectivity index (χ0v) is 17.2. The molecule has 1 N–H and O–H groups in total. The van der Waals surface area contributed by atoms with Crippen molar-refractivity contribution in [1.82, 2.24) is 5.32 Å². The maximum atomic E-state index is 6.21. The number of halogens is 2. The van der Waals surface area contributed by atoms with Gasteiger partial charge in [0, 0.05) is 27.2 Å². The highest BCUT2D eigenvalue weighted by atomic mass is 79.9. The number of rotatable bonds is 11. The summed E-state index contributed by atoms with van der Waals surface area (Å²) in [4.78, 5) is 0. The Labute approximate surface area is 165 Å². The summed E-state index contributed by atoms with van der Waals surface area (Å²) >= 11 is 9.76. The van der Waals surface area contributed by atoms with Crippen LogP contribution < -0.4 is 10.1 Å². The van der Waals surface area contributed by atoms with Crippen LogP contribution in [-0.2, 0) is 13.2 Å². The van der Waals surface area contributed by atoms with E-state index in [-0.39, 0.29) is 0 Å². The van der Waals surface area contributed by atoms with Crippen molar-refractivity contribution in [1.29, 1.82) is 0 Å². The first-order valence-electron chi connectivity index (χ1n) is 9.06. The Hall–Kier alpha value is -1.03. The molecule has 0 spiro atoms. The van der Waals surface area contributed by atoms with Crippen LogP contribution in [0.5, 0.6) is 5.75 Å². The van der Waals surface area contributed by atoms with Gasteiger partial charge in [0.25, 0.3) is 0 Å². The second-order valence-corrected chi connectivity index (χ2v) is 7.55. The Kier molecular flexibility index (Phi) is 9.38. The summed E-state index contributed by atoms with van der Waals surface area (Å²) in [5.74, 6) is 0.904. The number of hydrogen-bond acceptors (Lipinski definition) is 2. The fraction of sp³-hybridized carbons (Fsp3) is 0.429. The zero-order chi connectivity index (χ0) is 17.9. The molecule has 2 rings (SSSR count). The van der Waals surface area contributed by atoms with Crippen molar-refractivity contribution in [3.8, 4) is 5.75 Å². The van der Waals surface area contributed by atoms with Crippen LogP contribution in [0.3, 0.4) is 0 Å². The van der Waals surface area contributed by atoms with E-state index in [1.165, 1.54) is 32.1 Å². The highest BCUT2D eigenvalue weighted by Gasteiger charge is 2.06. The molecule has 0 unspecified atom stereocenters. The zero-order valence-electron chi connectivity index (χ0n) is 14.9. The molecule has 2 aromatic carbocycles. The summed E-state index contributed by atoms with van der Waals surface area (Å²) in [7, 11) is 0. The standard InChI is InChI=1S/C21H27BrClNO/c1-2-3-4-5-8-13-24-15-18-14-19(22)11-12-21(18)25-16-17-9-6-7-10-20(17)23/h6-7,9-12,14,24H,2-5,8,13,15-16H2,1H3. The lowest BCUT2D eigenvalue weighted by Gasteiger charge is -2.13. The third-order valence-electron chi connectivity index (χ3n) is 4.14. The molecule has 0 aliphatic rings. The van der Waals surface area contributed by atoms with E-state index >= 15 is 0 Å². The van der Waals surface area contributed by atoms with Crippen LogP contribution in [0.1, 0.15) is 50.2 Å². The topological polar surface area (TPSA) is 21.3 Å². The SMILES string of the molecule is CCCCCCCNCc1cc(Br)ccc1OCc1ccccc1Cl. The number of nitrogens with one attached hydrogen (secondary N) is 1. The smallest absolute Gasteiger partial charge is 0.124 e. The number of hydrogen-bond donors (Lipinski definition) is 1. The van der Waals surface area contributed by atoms with Crippen molar-refractivity contribution in [3.63, 3.8) is 0 Å². The van der Waals surface area contributed by atoms with Crippen molar-refractivity contribution in [2.75, 3.05) is 6.54 Å². The lowest BCUT2D eigenvalue weighted by atomic mass is 10.1. The minimum atomic E-state index is 0.478. The molecule has 136 valence electrons. The molecule has 0 heterocycles. The molecule has 0 amide bonds. The fourth-order valence-electron chi connectivity index (χ4n) is 2.67. The largest absolute Gasteiger partial charge is 0.489 e. The van der Waals surface area contributed by atoms with Crippen LogP contribution in [0.4, 0.5) is 0 Å². The number of ether oxygens (including phenoxy) is 1. The third kappa shape index (κ3) is 7.39. The molecule has 0 saturated heterocycles. The average molecular weight is 425 g/mol. The molecule has 2 nitrogen and oxygen atoms in total. The monoisotopic (exact) mass is 423 g/mol. The number of benzene rings is 2. The summed E-state index contributed by atoms with van der Waals surface area (Å²) < 4.78 is 7.09. The van der Waals surface area contributed by atoms with E-state index in [0.717, 1.165) is 39.5 Å². The minimum Gasteiger partial charge on any atom is -0.489 e. The van der Waals surface area contributed by atoms with Crippen molar-refractivity contribution in [2.24, 2.45) is 0 Å². The lowest BCUT2D eigenvalue weighted by Crippen LogP contribution is -2.15. The van der Waals surface area contributed by atoms with E-state index in [1.807, 2.05) is 36.4 Å². The minimum absolute atomic E-state index is 0.478. The highest BCUT2D eigenvalue weighted by molar-refractivity contribution is 9.10. The summed E-state index contributed by atoms with van der Waals surface area (Å²) in [6.07, 6.45) is 6.49. The molecule has 0 saturated carbocycles. The van der Waals surface area contributed by atoms with Gasteiger partial charge >= 0.3 is 0 Å². The Morgan fingerprint density at radius 3 is 2.60 bits per heavy atom. The van der Waals surface area contributed by atoms with E-state index in [0.29, 0.717) is 6.61 Å². The Bertz CT molecular complexity index is 648. The third-order valence-corrected chi connectivity index (χ3v) is 5.00. The van der Waals surface area contributed by atoms with Crippen LogP contribution in [0, 0.1) is 0 Å². The second-order valence-electron chi connectivity index (χ2n) is 6.22. The van der Waals surface area contributed by atoms with Crippen LogP contribution in [-0.4, -0.2) is 6.54 Å². The van der Waals surface area contributed by atoms with Crippen LogP contribution in [0.2, 0.25) is 5.02 Å². The van der Waals surface area contributed by atoms with Gasteiger partial charge in [0.05, 0.1) is 0 Å². The normalized spacial score (nSPS) is 10.8. The predicted octanol–water partition coefficient (Wildman–Crippen LogP) is 6.74. The molecule has 4 heteroatoms. The molecule has 0 fully saturated rings. The van der Waals surface area contributed by atoms with E-state index in [1.54, 1.807) is 0 Å². The quantitative estimate of drug-likeness (QED) is 0.403. The number of unbranched alkanes of at least 4 members (excludes halogenated alkanes) is 4. The highest BCUT2D eigenvalue weighted by Crippen LogP contribution is 2.25. The van der Waals surface area contributed by atoms with Gasteiger partial charge in [0.2, 0.25) is 0 Å². The predicted molar refractivity (Wildman–Crippen MR) is 110 cm³/mol. The van der Waals surface area contributed by atoms with Gasteiger partial charge in [-0.05, 0) is 37.2 Å². The van der Waals surface area contributed by atoms with Gasteiger partial charge < -0.3 is 10.1 Å². The lowest BCUT2D eigenvalue weighted by molar-refractivity contribution is 0.302. The van der Waals surface area contributed by atoms with E-state index in [4.69, 9.17) is 16.3 Å². The van der Waals surface area contributed by atoms with Gasteiger partial charge in [0.15, 0.2) is 0 Å². The van der Waals surface area contributed by atoms with Gasteiger partial charge in [0.1, 0.15) is 12.4 Å². The first-order chi connectivity index (χ1) is 12.2. The molecule has 0 aliphatic heterocycles. The maximum absolute atomic E-state index is 6.21. The van der Waals surface area contributed by atoms with Crippen molar-refractivity contribution in [3.05, 3.63) is 63.1 Å². The molecular weight excluding hydrogens is 398 g/mol. The average Bonchev–Trinajstić information content (AvgIpc) is 2.61. The fourth-order valence-corrected chi connectivity index (χ4v) is 3.27. The van der Waals surface area contributed by atoms with Gasteiger partial charge in [-0.15, -0.1) is 0 Å². The Balaban J connectivity index is 1.85. The summed E-state index contributed by atoms with van der Waals surface area (Å²) in [5.41, 5.74) is 2.16. The van der Waals surface area contributed by atoms with E-state index in [9.17, 15) is 0 Å². The first-order valence-corrected chi connectivity index (χ1v) is 10.2. The van der Waals surface area contributed by atoms with Crippen molar-refractivity contribution < 1.29 is 4.74 Å². The van der Waals surface area contributed by atoms with Crippen LogP contribution >= 0.6 is 27.5 Å². The van der Waals surface area contributed by atoms with Gasteiger partial charge in [-0.2, -0.15) is 0 Å². The summed E-state index contributed by atoms with van der Waals surface area (Å²) in [6.45, 7) is 4.58. The molecule has 0 atom stereocenters. The summed E-state index contributed by atoms with van der Waals surface area (Å²) in [6, 6.07) is 13.9. The Morgan fingerprint density at radius 2 is 1.80 bits per heavy atom. The second kappa shape index (κ2) is 11.6. The Morgan fingerprint density at radius 1 is 1.00 bits per heavy atom. The van der Waals surface area contributed by atoms with Crippen molar-refractivity contribution in [2.45, 2.75) is 52.2 Å². The van der Waals surface area contributed by atoms with Crippen LogP contribution in [0.15, 0.2) is 46.9 Å². The van der Waals surface area contributed by atoms with Crippen molar-refractivity contribution >= 4 is 27.5 Å². The molecule has 2 aromatic rings. The van der Waals surface area contributed by atoms with E-state index in [2.05, 4.69) is 34.2 Å². The van der Waals surface area contributed by atoms with Gasteiger partial charge in [-0.3, -0.25) is 0 Å². The van der Waals surface area contributed by atoms with Crippen LogP contribution in [0.25, 0.3) is 0 Å². The van der Waals surface area contributed by atoms with Gasteiger partial charge in [-0.1, -0.05) is 78.3 Å². The maximum Gasteiger partial charge on any atom is 0.124 e. The molecule has 0 radical (unpaired) electrons. The molecule has 25 heavy (non-hydrogen) atoms. The summed E-state index contributed by atoms with van der Waals surface area (Å²) in [5, 5.41) is 4.27. The molecule has 0 aliphatic carbocycles. The molecular formula is C21H27BrClNO. The van der Waals surface area contributed by atoms with Gasteiger partial charge in [-0.25, -0.2) is 0 Å². The molecule has 0 bridgehead atoms. The molecule has 0 aromatic heterocycles. The van der Waals surface area contributed by atoms with E-state index < -0.39 is 0 Å². The first kappa shape index (κ1) is 20.3.